The van der Waals surface area contributed by atoms with E-state index < -0.39 is 29.5 Å². The fourth-order valence-corrected chi connectivity index (χ4v) is 2.90. The Bertz CT molecular complexity index is 684. The summed E-state index contributed by atoms with van der Waals surface area (Å²) in [4.78, 5) is 26.3. The number of allylic oxidation sites excluding steroid dienone is 2. The van der Waals surface area contributed by atoms with Gasteiger partial charge in [-0.15, -0.1) is 0 Å². The molecule has 1 aromatic carbocycles. The molecule has 2 atom stereocenters. The van der Waals surface area contributed by atoms with E-state index >= 15 is 0 Å². The van der Waals surface area contributed by atoms with E-state index in [2.05, 4.69) is 5.32 Å². The molecule has 0 radical (unpaired) electrons. The van der Waals surface area contributed by atoms with Gasteiger partial charge in [-0.2, -0.15) is 0 Å². The predicted molar refractivity (Wildman–Crippen MR) is 97.4 cm³/mol. The van der Waals surface area contributed by atoms with Crippen LogP contribution < -0.4 is 10.8 Å². The van der Waals surface area contributed by atoms with Crippen molar-refractivity contribution in [3.8, 4) is 0 Å². The minimum atomic E-state index is -1.27. The Morgan fingerprint density at radius 3 is 2.19 bits per heavy atom. The Labute approximate surface area is 153 Å². The van der Waals surface area contributed by atoms with Crippen LogP contribution in [-0.4, -0.2) is 58.8 Å². The van der Waals surface area contributed by atoms with Crippen molar-refractivity contribution < 1.29 is 19.9 Å². The Balaban J connectivity index is 2.25. The van der Waals surface area contributed by atoms with E-state index in [0.29, 0.717) is 0 Å². The molecule has 0 fully saturated rings. The number of aliphatic hydroxyl groups excluding tert-OH is 1. The molecule has 1 aliphatic rings. The van der Waals surface area contributed by atoms with Crippen molar-refractivity contribution in [2.24, 2.45) is 0 Å². The number of hydroxylamine groups is 1. The summed E-state index contributed by atoms with van der Waals surface area (Å²) in [5.74, 6) is -1.31. The van der Waals surface area contributed by atoms with Crippen molar-refractivity contribution in [1.82, 2.24) is 15.7 Å². The lowest BCUT2D eigenvalue weighted by atomic mass is 9.84. The number of carbonyl (C=O) groups excluding carboxylic acids is 2. The molecular weight excluding hydrogens is 334 g/mol. The van der Waals surface area contributed by atoms with Crippen molar-refractivity contribution >= 4 is 11.8 Å². The normalized spacial score (nSPS) is 24.2. The van der Waals surface area contributed by atoms with Gasteiger partial charge in [0.15, 0.2) is 0 Å². The number of likely N-dealkylation sites (N-methyl/N-ethyl adjacent to an activating group) is 1. The van der Waals surface area contributed by atoms with Gasteiger partial charge in [0.05, 0.1) is 6.10 Å². The number of nitrogens with zero attached hydrogens (tertiary/aromatic N) is 1. The van der Waals surface area contributed by atoms with Crippen molar-refractivity contribution in [3.63, 3.8) is 0 Å². The van der Waals surface area contributed by atoms with Crippen LogP contribution in [0.15, 0.2) is 54.6 Å². The first-order valence-electron chi connectivity index (χ1n) is 8.36. The summed E-state index contributed by atoms with van der Waals surface area (Å²) < 4.78 is 0. The van der Waals surface area contributed by atoms with Crippen LogP contribution in [0.2, 0.25) is 0 Å². The molecule has 0 saturated heterocycles. The summed E-state index contributed by atoms with van der Waals surface area (Å²) in [6, 6.07) is 8.61. The molecule has 26 heavy (non-hydrogen) atoms. The largest absolute Gasteiger partial charge is 0.391 e. The predicted octanol–water partition coefficient (Wildman–Crippen LogP) is 0.568. The third-order valence-electron chi connectivity index (χ3n) is 4.57. The van der Waals surface area contributed by atoms with Gasteiger partial charge < -0.3 is 10.4 Å². The quantitative estimate of drug-likeness (QED) is 0.338. The molecule has 1 aromatic rings. The molecule has 7 heteroatoms. The molecule has 2 amide bonds. The zero-order valence-corrected chi connectivity index (χ0v) is 15.1. The summed E-state index contributed by atoms with van der Waals surface area (Å²) in [5.41, 5.74) is 1.46. The van der Waals surface area contributed by atoms with Crippen LogP contribution in [0.25, 0.3) is 0 Å². The number of amides is 2. The molecule has 1 aliphatic carbocycles. The number of nitrogens with one attached hydrogen (secondary N) is 2. The molecule has 2 rings (SSSR count). The minimum absolute atomic E-state index is 0.0466. The molecule has 4 N–H and O–H groups in total. The van der Waals surface area contributed by atoms with Crippen molar-refractivity contribution in [2.45, 2.75) is 30.5 Å². The highest BCUT2D eigenvalue weighted by Crippen LogP contribution is 2.29. The number of rotatable bonds is 6. The summed E-state index contributed by atoms with van der Waals surface area (Å²) in [6.07, 6.45) is 6.24. The summed E-state index contributed by atoms with van der Waals surface area (Å²) >= 11 is 0. The highest BCUT2D eigenvalue weighted by Gasteiger charge is 2.40. The zero-order valence-electron chi connectivity index (χ0n) is 15.1. The van der Waals surface area contributed by atoms with Crippen LogP contribution in [0.1, 0.15) is 18.4 Å². The second kappa shape index (κ2) is 8.27. The molecule has 0 spiro atoms. The minimum Gasteiger partial charge on any atom is -0.391 e. The second-order valence-electron chi connectivity index (χ2n) is 6.54. The van der Waals surface area contributed by atoms with Gasteiger partial charge in [0.2, 0.25) is 5.91 Å². The molecule has 0 heterocycles. The number of hydrogen-bond acceptors (Lipinski definition) is 5. The van der Waals surface area contributed by atoms with Crippen LogP contribution in [0.3, 0.4) is 0 Å². The molecule has 7 nitrogen and oxygen atoms in total. The maximum absolute atomic E-state index is 12.9. The fourth-order valence-electron chi connectivity index (χ4n) is 2.90. The van der Waals surface area contributed by atoms with Crippen LogP contribution in [-0.2, 0) is 9.59 Å². The highest BCUT2D eigenvalue weighted by molar-refractivity contribution is 5.95. The van der Waals surface area contributed by atoms with Gasteiger partial charge in [0.1, 0.15) is 11.6 Å². The van der Waals surface area contributed by atoms with E-state index in [4.69, 9.17) is 5.21 Å². The van der Waals surface area contributed by atoms with Gasteiger partial charge in [0.25, 0.3) is 5.91 Å². The van der Waals surface area contributed by atoms with E-state index in [1.807, 2.05) is 42.5 Å². The third kappa shape index (κ3) is 4.01. The standard InChI is InChI=1S/C19H25N3O4/c1-13(23)16(17(24)21-26)20-18(25)19(22(2)3)11-9-15(10-12-19)14-7-5-4-6-8-14/h4-13,15-16,23,26H,1-3H3,(H,20,25)(H,21,24)/t13-,15?,16+,19?/m1/s1. The van der Waals surface area contributed by atoms with E-state index in [1.165, 1.54) is 12.4 Å². The molecular formula is C19H25N3O4. The molecule has 0 bridgehead atoms. The van der Waals surface area contributed by atoms with Crippen LogP contribution in [0, 0.1) is 0 Å². The first-order valence-corrected chi connectivity index (χ1v) is 8.36. The lowest BCUT2D eigenvalue weighted by Crippen LogP contribution is -2.60. The highest BCUT2D eigenvalue weighted by atomic mass is 16.5. The van der Waals surface area contributed by atoms with Crippen molar-refractivity contribution in [2.75, 3.05) is 14.1 Å². The van der Waals surface area contributed by atoms with Gasteiger partial charge in [-0.3, -0.25) is 19.7 Å². The van der Waals surface area contributed by atoms with Crippen LogP contribution >= 0.6 is 0 Å². The van der Waals surface area contributed by atoms with Gasteiger partial charge in [-0.1, -0.05) is 54.6 Å². The van der Waals surface area contributed by atoms with Gasteiger partial charge in [-0.05, 0) is 26.6 Å². The number of carbonyl (C=O) groups is 2. The van der Waals surface area contributed by atoms with Crippen LogP contribution in [0.4, 0.5) is 0 Å². The smallest absolute Gasteiger partial charge is 0.268 e. The Hall–Kier alpha value is -2.48. The van der Waals surface area contributed by atoms with Crippen molar-refractivity contribution in [3.05, 3.63) is 60.2 Å². The average Bonchev–Trinajstić information content (AvgIpc) is 2.65. The number of hydrogen-bond donors (Lipinski definition) is 4. The first-order chi connectivity index (χ1) is 12.3. The van der Waals surface area contributed by atoms with Gasteiger partial charge in [0, 0.05) is 5.92 Å². The average molecular weight is 359 g/mol. The fraction of sp³-hybridized carbons (Fsp3) is 0.368. The third-order valence-corrected chi connectivity index (χ3v) is 4.57. The molecule has 0 saturated carbocycles. The van der Waals surface area contributed by atoms with Gasteiger partial charge in [-0.25, -0.2) is 5.48 Å². The molecule has 0 aliphatic heterocycles. The first kappa shape index (κ1) is 19.8. The SMILES string of the molecule is C[C@@H](O)[C@H](NC(=O)C1(N(C)C)C=CC(c2ccccc2)C=C1)C(=O)NO. The monoisotopic (exact) mass is 359 g/mol. The number of benzene rings is 1. The van der Waals surface area contributed by atoms with E-state index in [0.717, 1.165) is 5.56 Å². The molecule has 0 aromatic heterocycles. The zero-order chi connectivity index (χ0) is 19.3. The van der Waals surface area contributed by atoms with E-state index in [9.17, 15) is 14.7 Å². The second-order valence-corrected chi connectivity index (χ2v) is 6.54. The summed E-state index contributed by atoms with van der Waals surface area (Å²) in [5, 5.41) is 21.1. The van der Waals surface area contributed by atoms with E-state index in [-0.39, 0.29) is 5.92 Å². The Kier molecular flexibility index (Phi) is 6.31. The number of aliphatic hydroxyl groups is 1. The topological polar surface area (TPSA) is 102 Å². The van der Waals surface area contributed by atoms with Gasteiger partial charge >= 0.3 is 0 Å². The molecule has 140 valence electrons. The summed E-state index contributed by atoms with van der Waals surface area (Å²) in [7, 11) is 3.50. The van der Waals surface area contributed by atoms with Crippen molar-refractivity contribution in [1.29, 1.82) is 0 Å². The Morgan fingerprint density at radius 2 is 1.73 bits per heavy atom. The maximum atomic E-state index is 12.9. The van der Waals surface area contributed by atoms with Crippen LogP contribution in [0.5, 0.6) is 0 Å². The molecule has 0 unspecified atom stereocenters. The lowest BCUT2D eigenvalue weighted by Gasteiger charge is -2.37. The Morgan fingerprint density at radius 1 is 1.15 bits per heavy atom. The lowest BCUT2D eigenvalue weighted by molar-refractivity contribution is -0.139. The van der Waals surface area contributed by atoms with E-state index in [1.54, 1.807) is 31.1 Å². The maximum Gasteiger partial charge on any atom is 0.268 e. The summed E-state index contributed by atoms with van der Waals surface area (Å²) in [6.45, 7) is 1.36.